The summed E-state index contributed by atoms with van der Waals surface area (Å²) < 4.78 is 21.2. The second-order valence-corrected chi connectivity index (χ2v) is 5.50. The molecule has 0 fully saturated rings. The highest BCUT2D eigenvalue weighted by Gasteiger charge is 2.18. The zero-order valence-corrected chi connectivity index (χ0v) is 15.3. The van der Waals surface area contributed by atoms with E-state index in [9.17, 15) is 4.79 Å². The Bertz CT molecular complexity index is 763. The smallest absolute Gasteiger partial charge is 0.229 e. The third-order valence-electron chi connectivity index (χ3n) is 3.57. The third kappa shape index (κ3) is 4.28. The van der Waals surface area contributed by atoms with E-state index in [2.05, 4.69) is 5.32 Å². The SMILES string of the molecule is COc1ccc(Cl)cc1NC(=O)Cc1ccc(OC)c(OC)c1OC. The van der Waals surface area contributed by atoms with Crippen molar-refractivity contribution < 1.29 is 23.7 Å². The van der Waals surface area contributed by atoms with Crippen molar-refractivity contribution in [2.45, 2.75) is 6.42 Å². The van der Waals surface area contributed by atoms with Gasteiger partial charge in [0.05, 0.1) is 40.5 Å². The second kappa shape index (κ2) is 8.48. The van der Waals surface area contributed by atoms with E-state index < -0.39 is 0 Å². The van der Waals surface area contributed by atoms with Crippen LogP contribution in [0, 0.1) is 0 Å². The molecule has 0 aliphatic carbocycles. The number of amides is 1. The Morgan fingerprint density at radius 2 is 1.56 bits per heavy atom. The summed E-state index contributed by atoms with van der Waals surface area (Å²) in [5.41, 5.74) is 1.16. The topological polar surface area (TPSA) is 66.0 Å². The minimum atomic E-state index is -0.244. The van der Waals surface area contributed by atoms with Crippen molar-refractivity contribution in [2.24, 2.45) is 0 Å². The minimum Gasteiger partial charge on any atom is -0.495 e. The molecular formula is C18H20ClNO5. The molecule has 1 amide bonds. The van der Waals surface area contributed by atoms with Crippen LogP contribution in [-0.2, 0) is 11.2 Å². The summed E-state index contributed by atoms with van der Waals surface area (Å²) >= 11 is 5.98. The zero-order valence-electron chi connectivity index (χ0n) is 14.5. The van der Waals surface area contributed by atoms with E-state index in [1.165, 1.54) is 28.4 Å². The van der Waals surface area contributed by atoms with E-state index >= 15 is 0 Å². The Hall–Kier alpha value is -2.60. The summed E-state index contributed by atoms with van der Waals surface area (Å²) in [6.07, 6.45) is 0.0825. The number of carbonyl (C=O) groups excluding carboxylic acids is 1. The first-order chi connectivity index (χ1) is 12.0. The second-order valence-electron chi connectivity index (χ2n) is 5.06. The van der Waals surface area contributed by atoms with Gasteiger partial charge in [0, 0.05) is 10.6 Å². The van der Waals surface area contributed by atoms with E-state index in [1.54, 1.807) is 30.3 Å². The van der Waals surface area contributed by atoms with Gasteiger partial charge in [-0.2, -0.15) is 0 Å². The molecule has 0 atom stereocenters. The number of hydrogen-bond acceptors (Lipinski definition) is 5. The fourth-order valence-electron chi connectivity index (χ4n) is 2.45. The first kappa shape index (κ1) is 18.7. The van der Waals surface area contributed by atoms with Crippen LogP contribution in [-0.4, -0.2) is 34.3 Å². The number of hydrogen-bond donors (Lipinski definition) is 1. The number of nitrogens with one attached hydrogen (secondary N) is 1. The standard InChI is InChI=1S/C18H20ClNO5/c1-22-14-8-6-12(19)10-13(14)20-16(21)9-11-5-7-15(23-2)18(25-4)17(11)24-3/h5-8,10H,9H2,1-4H3,(H,20,21). The van der Waals surface area contributed by atoms with Crippen LogP contribution in [0.2, 0.25) is 5.02 Å². The monoisotopic (exact) mass is 365 g/mol. The molecular weight excluding hydrogens is 346 g/mol. The van der Waals surface area contributed by atoms with Gasteiger partial charge in [-0.15, -0.1) is 0 Å². The van der Waals surface area contributed by atoms with E-state index in [-0.39, 0.29) is 12.3 Å². The van der Waals surface area contributed by atoms with Crippen LogP contribution >= 0.6 is 11.6 Å². The molecule has 0 aliphatic rings. The maximum absolute atomic E-state index is 12.4. The first-order valence-corrected chi connectivity index (χ1v) is 7.83. The molecule has 134 valence electrons. The molecule has 0 spiro atoms. The highest BCUT2D eigenvalue weighted by Crippen LogP contribution is 2.40. The van der Waals surface area contributed by atoms with Crippen LogP contribution in [0.5, 0.6) is 23.0 Å². The maximum Gasteiger partial charge on any atom is 0.229 e. The highest BCUT2D eigenvalue weighted by atomic mass is 35.5. The van der Waals surface area contributed by atoms with Crippen molar-refractivity contribution in [1.82, 2.24) is 0 Å². The molecule has 7 heteroatoms. The third-order valence-corrected chi connectivity index (χ3v) is 3.81. The Kier molecular flexibility index (Phi) is 6.36. The number of methoxy groups -OCH3 is 4. The normalized spacial score (nSPS) is 10.1. The lowest BCUT2D eigenvalue weighted by Crippen LogP contribution is -2.16. The summed E-state index contributed by atoms with van der Waals surface area (Å²) in [5.74, 6) is 1.70. The van der Waals surface area contributed by atoms with Crippen molar-refractivity contribution in [3.63, 3.8) is 0 Å². The molecule has 2 rings (SSSR count). The Balaban J connectivity index is 2.25. The fourth-order valence-corrected chi connectivity index (χ4v) is 2.62. The number of carbonyl (C=O) groups is 1. The molecule has 1 N–H and O–H groups in total. The van der Waals surface area contributed by atoms with Gasteiger partial charge in [-0.05, 0) is 24.3 Å². The van der Waals surface area contributed by atoms with Crippen LogP contribution in [0.15, 0.2) is 30.3 Å². The van der Waals surface area contributed by atoms with E-state index in [0.29, 0.717) is 39.3 Å². The lowest BCUT2D eigenvalue weighted by Gasteiger charge is -2.16. The summed E-state index contributed by atoms with van der Waals surface area (Å²) in [4.78, 5) is 12.4. The molecule has 2 aromatic rings. The van der Waals surface area contributed by atoms with Gasteiger partial charge in [0.1, 0.15) is 5.75 Å². The number of anilines is 1. The molecule has 0 aliphatic heterocycles. The van der Waals surface area contributed by atoms with Gasteiger partial charge < -0.3 is 24.3 Å². The molecule has 6 nitrogen and oxygen atoms in total. The highest BCUT2D eigenvalue weighted by molar-refractivity contribution is 6.31. The van der Waals surface area contributed by atoms with Crippen LogP contribution in [0.1, 0.15) is 5.56 Å². The lowest BCUT2D eigenvalue weighted by atomic mass is 10.1. The summed E-state index contributed by atoms with van der Waals surface area (Å²) in [5, 5.41) is 3.29. The average Bonchev–Trinajstić information content (AvgIpc) is 2.61. The number of benzene rings is 2. The zero-order chi connectivity index (χ0) is 18.4. The van der Waals surface area contributed by atoms with Gasteiger partial charge >= 0.3 is 0 Å². The Morgan fingerprint density at radius 3 is 2.16 bits per heavy atom. The first-order valence-electron chi connectivity index (χ1n) is 7.45. The summed E-state index contributed by atoms with van der Waals surface area (Å²) in [6.45, 7) is 0. The Morgan fingerprint density at radius 1 is 0.920 bits per heavy atom. The maximum atomic E-state index is 12.4. The van der Waals surface area contributed by atoms with Gasteiger partial charge in [0.2, 0.25) is 11.7 Å². The van der Waals surface area contributed by atoms with Crippen molar-refractivity contribution in [1.29, 1.82) is 0 Å². The van der Waals surface area contributed by atoms with E-state index in [0.717, 1.165) is 0 Å². The predicted molar refractivity (Wildman–Crippen MR) is 96.4 cm³/mol. The summed E-state index contributed by atoms with van der Waals surface area (Å²) in [6, 6.07) is 8.49. The molecule has 0 heterocycles. The van der Waals surface area contributed by atoms with Gasteiger partial charge in [-0.1, -0.05) is 17.7 Å². The average molecular weight is 366 g/mol. The van der Waals surface area contributed by atoms with Gasteiger partial charge in [-0.3, -0.25) is 4.79 Å². The van der Waals surface area contributed by atoms with Gasteiger partial charge in [0.15, 0.2) is 11.5 Å². The molecule has 0 radical (unpaired) electrons. The molecule has 25 heavy (non-hydrogen) atoms. The van der Waals surface area contributed by atoms with Gasteiger partial charge in [-0.25, -0.2) is 0 Å². The quantitative estimate of drug-likeness (QED) is 0.812. The molecule has 0 bridgehead atoms. The van der Waals surface area contributed by atoms with Crippen LogP contribution in [0.4, 0.5) is 5.69 Å². The summed E-state index contributed by atoms with van der Waals surface area (Å²) in [7, 11) is 6.09. The number of halogens is 1. The Labute approximate surface area is 151 Å². The van der Waals surface area contributed by atoms with E-state index in [4.69, 9.17) is 30.5 Å². The fraction of sp³-hybridized carbons (Fsp3) is 0.278. The van der Waals surface area contributed by atoms with Crippen molar-refractivity contribution in [3.05, 3.63) is 40.9 Å². The number of rotatable bonds is 7. The van der Waals surface area contributed by atoms with Crippen molar-refractivity contribution >= 4 is 23.2 Å². The molecule has 0 saturated heterocycles. The number of ether oxygens (including phenoxy) is 4. The molecule has 0 unspecified atom stereocenters. The van der Waals surface area contributed by atoms with Crippen LogP contribution in [0.25, 0.3) is 0 Å². The molecule has 0 aromatic heterocycles. The molecule has 0 saturated carbocycles. The van der Waals surface area contributed by atoms with Gasteiger partial charge in [0.25, 0.3) is 0 Å². The van der Waals surface area contributed by atoms with Crippen molar-refractivity contribution in [2.75, 3.05) is 33.8 Å². The minimum absolute atomic E-state index is 0.0825. The van der Waals surface area contributed by atoms with Crippen molar-refractivity contribution in [3.8, 4) is 23.0 Å². The van der Waals surface area contributed by atoms with Crippen LogP contribution < -0.4 is 24.3 Å². The van der Waals surface area contributed by atoms with Crippen LogP contribution in [0.3, 0.4) is 0 Å². The lowest BCUT2D eigenvalue weighted by molar-refractivity contribution is -0.115. The van der Waals surface area contributed by atoms with E-state index in [1.807, 2.05) is 0 Å². The predicted octanol–water partition coefficient (Wildman–Crippen LogP) is 3.56. The largest absolute Gasteiger partial charge is 0.495 e. The molecule has 2 aromatic carbocycles.